The summed E-state index contributed by atoms with van der Waals surface area (Å²) in [6.07, 6.45) is 5.33. The number of nitrogens with zero attached hydrogens (tertiary/aromatic N) is 7. The van der Waals surface area contributed by atoms with Crippen molar-refractivity contribution < 1.29 is 9.50 Å². The fraction of sp³-hybridized carbons (Fsp3) is 0.444. The molecule has 10 heteroatoms. The molecule has 3 aromatic heterocycles. The van der Waals surface area contributed by atoms with E-state index in [4.69, 9.17) is 15.1 Å². The molecule has 0 amide bonds. The molecular formula is C27H32FN7OS. The maximum absolute atomic E-state index is 13.4. The molecule has 1 aromatic carbocycles. The minimum Gasteiger partial charge on any atom is -0.393 e. The molecule has 1 unspecified atom stereocenters. The summed E-state index contributed by atoms with van der Waals surface area (Å²) in [5.74, 6) is 0.663. The van der Waals surface area contributed by atoms with Crippen LogP contribution in [0.2, 0.25) is 0 Å². The quantitative estimate of drug-likeness (QED) is 0.404. The van der Waals surface area contributed by atoms with Gasteiger partial charge < -0.3 is 14.9 Å². The monoisotopic (exact) mass is 521 g/mol. The third kappa shape index (κ3) is 4.58. The van der Waals surface area contributed by atoms with Gasteiger partial charge in [0.2, 0.25) is 0 Å². The Kier molecular flexibility index (Phi) is 6.56. The van der Waals surface area contributed by atoms with Gasteiger partial charge in [-0.2, -0.15) is 9.61 Å². The molecule has 0 spiro atoms. The molecule has 0 radical (unpaired) electrons. The van der Waals surface area contributed by atoms with Gasteiger partial charge in [-0.1, -0.05) is 6.92 Å². The van der Waals surface area contributed by atoms with Crippen LogP contribution in [0.15, 0.2) is 41.9 Å². The fourth-order valence-corrected chi connectivity index (χ4v) is 6.36. The van der Waals surface area contributed by atoms with Crippen LogP contribution in [0, 0.1) is 5.82 Å². The zero-order valence-electron chi connectivity index (χ0n) is 21.2. The maximum Gasteiger partial charge on any atom is 0.191 e. The summed E-state index contributed by atoms with van der Waals surface area (Å²) in [5.41, 5.74) is 4.65. The van der Waals surface area contributed by atoms with Crippen LogP contribution in [-0.2, 0) is 6.42 Å². The summed E-state index contributed by atoms with van der Waals surface area (Å²) in [7, 11) is 2.00. The van der Waals surface area contributed by atoms with Gasteiger partial charge in [-0.15, -0.1) is 11.3 Å². The van der Waals surface area contributed by atoms with Crippen molar-refractivity contribution in [1.29, 1.82) is 0 Å². The largest absolute Gasteiger partial charge is 0.393 e. The number of fused-ring (bicyclic) bond motifs is 1. The van der Waals surface area contributed by atoms with E-state index in [2.05, 4.69) is 27.7 Å². The van der Waals surface area contributed by atoms with E-state index in [1.165, 1.54) is 12.1 Å². The molecule has 2 aliphatic heterocycles. The molecule has 0 aliphatic carbocycles. The number of aliphatic hydroxyl groups is 1. The summed E-state index contributed by atoms with van der Waals surface area (Å²) >= 11 is 1.55. The lowest BCUT2D eigenvalue weighted by molar-refractivity contribution is 0.0653. The second-order valence-electron chi connectivity index (χ2n) is 9.92. The number of piperidine rings is 1. The fourth-order valence-electron chi connectivity index (χ4n) is 5.56. The Labute approximate surface area is 220 Å². The average Bonchev–Trinajstić information content (AvgIpc) is 3.67. The standard InChI is InChI=1S/C27H32FN7OS/c1-3-22-26(32(2)27-31-23(17-37-27)18-4-6-19(28)7-5-18)35-25(30-22)24(8-12-29-35)34-13-9-20(16-34)33-14-10-21(36)11-15-33/h4-8,12,17,20-21,36H,3,9-11,13-16H2,1-2H3. The van der Waals surface area contributed by atoms with E-state index in [0.29, 0.717) is 6.04 Å². The SMILES string of the molecule is CCc1nc2c(N3CCC(N4CCC(O)CC4)C3)ccnn2c1N(C)c1nc(-c2ccc(F)cc2)cs1. The van der Waals surface area contributed by atoms with Crippen LogP contribution in [0.5, 0.6) is 0 Å². The number of aryl methyl sites for hydroxylation is 1. The number of anilines is 3. The molecule has 4 aromatic rings. The van der Waals surface area contributed by atoms with E-state index in [1.807, 2.05) is 23.1 Å². The van der Waals surface area contributed by atoms with Gasteiger partial charge in [0.25, 0.3) is 0 Å². The third-order valence-corrected chi connectivity index (χ3v) is 8.55. The van der Waals surface area contributed by atoms with Crippen molar-refractivity contribution in [2.24, 2.45) is 0 Å². The van der Waals surface area contributed by atoms with Crippen molar-refractivity contribution in [3.8, 4) is 11.3 Å². The molecule has 2 aliphatic rings. The van der Waals surface area contributed by atoms with Crippen molar-refractivity contribution in [3.05, 3.63) is 53.4 Å². The van der Waals surface area contributed by atoms with Gasteiger partial charge >= 0.3 is 0 Å². The number of aliphatic hydroxyl groups excluding tert-OH is 1. The molecule has 0 saturated carbocycles. The molecule has 6 rings (SSSR count). The smallest absolute Gasteiger partial charge is 0.191 e. The maximum atomic E-state index is 13.4. The van der Waals surface area contributed by atoms with Crippen LogP contribution in [0.3, 0.4) is 0 Å². The molecule has 8 nitrogen and oxygen atoms in total. The van der Waals surface area contributed by atoms with E-state index in [9.17, 15) is 9.50 Å². The van der Waals surface area contributed by atoms with Crippen LogP contribution in [-0.4, -0.2) is 75.0 Å². The van der Waals surface area contributed by atoms with E-state index < -0.39 is 0 Å². The molecule has 37 heavy (non-hydrogen) atoms. The Morgan fingerprint density at radius 2 is 1.86 bits per heavy atom. The van der Waals surface area contributed by atoms with Crippen molar-refractivity contribution in [2.45, 2.75) is 44.8 Å². The molecular weight excluding hydrogens is 489 g/mol. The topological polar surface area (TPSA) is 73.0 Å². The van der Waals surface area contributed by atoms with Crippen LogP contribution < -0.4 is 9.80 Å². The van der Waals surface area contributed by atoms with Crippen molar-refractivity contribution in [1.82, 2.24) is 24.5 Å². The van der Waals surface area contributed by atoms with Crippen LogP contribution in [0.1, 0.15) is 31.9 Å². The highest BCUT2D eigenvalue weighted by atomic mass is 32.1. The average molecular weight is 522 g/mol. The molecule has 1 N–H and O–H groups in total. The van der Waals surface area contributed by atoms with E-state index in [0.717, 1.165) is 91.1 Å². The number of hydrogen-bond acceptors (Lipinski definition) is 8. The summed E-state index contributed by atoms with van der Waals surface area (Å²) in [6.45, 7) is 6.00. The summed E-state index contributed by atoms with van der Waals surface area (Å²) < 4.78 is 15.3. The van der Waals surface area contributed by atoms with Gasteiger partial charge in [-0.3, -0.25) is 4.90 Å². The Bertz CT molecular complexity index is 1380. The van der Waals surface area contributed by atoms with Gasteiger partial charge in [0.1, 0.15) is 5.82 Å². The number of hydrogen-bond donors (Lipinski definition) is 1. The molecule has 2 saturated heterocycles. The summed E-state index contributed by atoms with van der Waals surface area (Å²) in [6, 6.07) is 9.00. The predicted molar refractivity (Wildman–Crippen MR) is 145 cm³/mol. The van der Waals surface area contributed by atoms with Crippen LogP contribution in [0.4, 0.5) is 21.0 Å². The number of aromatic nitrogens is 4. The lowest BCUT2D eigenvalue weighted by atomic mass is 10.1. The van der Waals surface area contributed by atoms with E-state index >= 15 is 0 Å². The Morgan fingerprint density at radius 3 is 2.62 bits per heavy atom. The molecule has 2 fully saturated rings. The van der Waals surface area contributed by atoms with Gasteiger partial charge in [0.05, 0.1) is 29.4 Å². The molecule has 5 heterocycles. The first-order valence-corrected chi connectivity index (χ1v) is 13.9. The number of benzene rings is 1. The molecule has 0 bridgehead atoms. The van der Waals surface area contributed by atoms with Gasteiger partial charge in [0, 0.05) is 50.2 Å². The second-order valence-corrected chi connectivity index (χ2v) is 10.8. The van der Waals surface area contributed by atoms with Gasteiger partial charge in [-0.25, -0.2) is 14.4 Å². The van der Waals surface area contributed by atoms with Crippen molar-refractivity contribution in [2.75, 3.05) is 43.0 Å². The minimum atomic E-state index is -0.254. The highest BCUT2D eigenvalue weighted by Gasteiger charge is 2.32. The highest BCUT2D eigenvalue weighted by Crippen LogP contribution is 2.36. The predicted octanol–water partition coefficient (Wildman–Crippen LogP) is 4.36. The highest BCUT2D eigenvalue weighted by molar-refractivity contribution is 7.14. The number of rotatable bonds is 6. The summed E-state index contributed by atoms with van der Waals surface area (Å²) in [5, 5.41) is 17.4. The number of likely N-dealkylation sites (tertiary alicyclic amines) is 1. The zero-order valence-corrected chi connectivity index (χ0v) is 22.0. The van der Waals surface area contributed by atoms with Crippen LogP contribution in [0.25, 0.3) is 16.9 Å². The number of thiazole rings is 1. The minimum absolute atomic E-state index is 0.147. The lowest BCUT2D eigenvalue weighted by Crippen LogP contribution is -2.44. The van der Waals surface area contributed by atoms with Gasteiger partial charge in [-0.05, 0) is 56.0 Å². The molecule has 194 valence electrons. The Balaban J connectivity index is 1.28. The molecule has 1 atom stereocenters. The number of halogens is 1. The first kappa shape index (κ1) is 24.3. The Morgan fingerprint density at radius 1 is 1.08 bits per heavy atom. The van der Waals surface area contributed by atoms with Crippen molar-refractivity contribution in [3.63, 3.8) is 0 Å². The van der Waals surface area contributed by atoms with Crippen molar-refractivity contribution >= 4 is 33.6 Å². The second kappa shape index (κ2) is 10.00. The number of imidazole rings is 1. The van der Waals surface area contributed by atoms with Gasteiger partial charge in [0.15, 0.2) is 16.6 Å². The van der Waals surface area contributed by atoms with E-state index in [1.54, 1.807) is 23.5 Å². The Hall–Kier alpha value is -3.08. The van der Waals surface area contributed by atoms with Crippen LogP contribution >= 0.6 is 11.3 Å². The third-order valence-electron chi connectivity index (χ3n) is 7.63. The normalized spacial score (nSPS) is 19.2. The zero-order chi connectivity index (χ0) is 25.5. The first-order valence-electron chi connectivity index (χ1n) is 13.0. The lowest BCUT2D eigenvalue weighted by Gasteiger charge is -2.34. The summed E-state index contributed by atoms with van der Waals surface area (Å²) in [4.78, 5) is 16.9. The first-order chi connectivity index (χ1) is 18.0. The van der Waals surface area contributed by atoms with E-state index in [-0.39, 0.29) is 11.9 Å².